The standard InChI is InChI=1S/C16H27F3N2O2/c17-16(18,19)13-21-7-1-6-20(8-9-21)12-14-2-4-15(5-3-14)22-10-11-23-15/h14H,1-13H2. The number of rotatable bonds is 3. The quantitative estimate of drug-likeness (QED) is 0.791. The number of ether oxygens (including phenoxy) is 2. The Balaban J connectivity index is 1.41. The molecule has 7 heteroatoms. The van der Waals surface area contributed by atoms with Gasteiger partial charge in [-0.2, -0.15) is 13.2 Å². The van der Waals surface area contributed by atoms with Crippen LogP contribution in [-0.2, 0) is 9.47 Å². The lowest BCUT2D eigenvalue weighted by Gasteiger charge is -2.37. The summed E-state index contributed by atoms with van der Waals surface area (Å²) in [6, 6.07) is 0. The van der Waals surface area contributed by atoms with Crippen LogP contribution < -0.4 is 0 Å². The minimum atomic E-state index is -4.09. The predicted octanol–water partition coefficient (Wildman–Crippen LogP) is 2.49. The Morgan fingerprint density at radius 1 is 0.913 bits per heavy atom. The lowest BCUT2D eigenvalue weighted by molar-refractivity contribution is -0.183. The molecule has 0 amide bonds. The summed E-state index contributed by atoms with van der Waals surface area (Å²) >= 11 is 0. The second-order valence-corrected chi connectivity index (χ2v) is 7.10. The topological polar surface area (TPSA) is 24.9 Å². The summed E-state index contributed by atoms with van der Waals surface area (Å²) in [5, 5.41) is 0. The van der Waals surface area contributed by atoms with E-state index in [1.165, 1.54) is 4.90 Å². The van der Waals surface area contributed by atoms with E-state index in [4.69, 9.17) is 9.47 Å². The highest BCUT2D eigenvalue weighted by molar-refractivity contribution is 4.84. The lowest BCUT2D eigenvalue weighted by Crippen LogP contribution is -2.40. The molecule has 1 spiro atoms. The van der Waals surface area contributed by atoms with Crippen molar-refractivity contribution in [2.24, 2.45) is 5.92 Å². The molecule has 0 unspecified atom stereocenters. The summed E-state index contributed by atoms with van der Waals surface area (Å²) in [7, 11) is 0. The molecule has 1 saturated carbocycles. The molecule has 0 N–H and O–H groups in total. The van der Waals surface area contributed by atoms with Crippen LogP contribution in [-0.4, -0.2) is 74.2 Å². The normalized spacial score (nSPS) is 28.3. The van der Waals surface area contributed by atoms with Crippen LogP contribution in [0.2, 0.25) is 0 Å². The van der Waals surface area contributed by atoms with Crippen LogP contribution in [0.5, 0.6) is 0 Å². The molecule has 0 radical (unpaired) electrons. The molecule has 2 heterocycles. The van der Waals surface area contributed by atoms with E-state index < -0.39 is 12.7 Å². The molecule has 23 heavy (non-hydrogen) atoms. The lowest BCUT2D eigenvalue weighted by atomic mass is 9.84. The first-order valence-electron chi connectivity index (χ1n) is 8.74. The van der Waals surface area contributed by atoms with Crippen LogP contribution >= 0.6 is 0 Å². The largest absolute Gasteiger partial charge is 0.401 e. The van der Waals surface area contributed by atoms with E-state index in [2.05, 4.69) is 4.90 Å². The van der Waals surface area contributed by atoms with Gasteiger partial charge >= 0.3 is 6.18 Å². The van der Waals surface area contributed by atoms with Gasteiger partial charge in [-0.1, -0.05) is 0 Å². The molecule has 0 aromatic carbocycles. The maximum Gasteiger partial charge on any atom is 0.401 e. The first kappa shape index (κ1) is 17.5. The van der Waals surface area contributed by atoms with E-state index in [9.17, 15) is 13.2 Å². The number of halogens is 3. The predicted molar refractivity (Wildman–Crippen MR) is 80.1 cm³/mol. The van der Waals surface area contributed by atoms with Crippen molar-refractivity contribution in [1.82, 2.24) is 9.80 Å². The Morgan fingerprint density at radius 2 is 1.52 bits per heavy atom. The zero-order chi connectivity index (χ0) is 16.3. The van der Waals surface area contributed by atoms with Gasteiger partial charge < -0.3 is 14.4 Å². The third kappa shape index (κ3) is 5.05. The second kappa shape index (κ2) is 7.25. The van der Waals surface area contributed by atoms with Crippen LogP contribution in [0.15, 0.2) is 0 Å². The summed E-state index contributed by atoms with van der Waals surface area (Å²) in [5.41, 5.74) is 0. The van der Waals surface area contributed by atoms with E-state index in [-0.39, 0.29) is 5.79 Å². The van der Waals surface area contributed by atoms with Crippen molar-refractivity contribution in [2.75, 3.05) is 52.5 Å². The average Bonchev–Trinajstić information content (AvgIpc) is 2.83. The second-order valence-electron chi connectivity index (χ2n) is 7.10. The molecule has 1 aliphatic carbocycles. The molecule has 0 aromatic heterocycles. The molecule has 0 atom stereocenters. The van der Waals surface area contributed by atoms with Crippen LogP contribution in [0.1, 0.15) is 32.1 Å². The molecule has 134 valence electrons. The van der Waals surface area contributed by atoms with Crippen LogP contribution in [0.4, 0.5) is 13.2 Å². The maximum atomic E-state index is 12.5. The summed E-state index contributed by atoms with van der Waals surface area (Å²) in [5.74, 6) is 0.293. The van der Waals surface area contributed by atoms with Gasteiger partial charge in [0.05, 0.1) is 19.8 Å². The fourth-order valence-corrected chi connectivity index (χ4v) is 4.07. The van der Waals surface area contributed by atoms with Crippen molar-refractivity contribution >= 4 is 0 Å². The molecule has 2 saturated heterocycles. The minimum absolute atomic E-state index is 0.321. The molecular weight excluding hydrogens is 309 g/mol. The molecule has 0 bridgehead atoms. The molecule has 3 aliphatic rings. The SMILES string of the molecule is FC(F)(F)CN1CCCN(CC2CCC3(CC2)OCCO3)CC1. The fourth-order valence-electron chi connectivity index (χ4n) is 4.07. The van der Waals surface area contributed by atoms with Crippen molar-refractivity contribution in [2.45, 2.75) is 44.1 Å². The van der Waals surface area contributed by atoms with Gasteiger partial charge in [-0.3, -0.25) is 4.90 Å². The van der Waals surface area contributed by atoms with E-state index in [0.29, 0.717) is 32.2 Å². The van der Waals surface area contributed by atoms with Gasteiger partial charge in [-0.15, -0.1) is 0 Å². The maximum absolute atomic E-state index is 12.5. The zero-order valence-corrected chi connectivity index (χ0v) is 13.6. The summed E-state index contributed by atoms with van der Waals surface area (Å²) in [6.45, 7) is 4.33. The summed E-state index contributed by atoms with van der Waals surface area (Å²) < 4.78 is 49.0. The number of nitrogens with zero attached hydrogens (tertiary/aromatic N) is 2. The van der Waals surface area contributed by atoms with Crippen molar-refractivity contribution in [3.8, 4) is 0 Å². The molecule has 0 aromatic rings. The van der Waals surface area contributed by atoms with Gasteiger partial charge in [0.25, 0.3) is 0 Å². The molecule has 4 nitrogen and oxygen atoms in total. The van der Waals surface area contributed by atoms with Gasteiger partial charge in [0.2, 0.25) is 0 Å². The van der Waals surface area contributed by atoms with Crippen LogP contribution in [0.3, 0.4) is 0 Å². The van der Waals surface area contributed by atoms with E-state index in [0.717, 1.165) is 51.7 Å². The Hall–Kier alpha value is -0.370. The van der Waals surface area contributed by atoms with Crippen molar-refractivity contribution < 1.29 is 22.6 Å². The van der Waals surface area contributed by atoms with Gasteiger partial charge in [0, 0.05) is 32.5 Å². The smallest absolute Gasteiger partial charge is 0.348 e. The molecule has 3 fully saturated rings. The zero-order valence-electron chi connectivity index (χ0n) is 13.6. The first-order valence-corrected chi connectivity index (χ1v) is 8.74. The first-order chi connectivity index (χ1) is 10.9. The van der Waals surface area contributed by atoms with Crippen LogP contribution in [0, 0.1) is 5.92 Å². The Labute approximate surface area is 135 Å². The van der Waals surface area contributed by atoms with Gasteiger partial charge in [0.1, 0.15) is 0 Å². The highest BCUT2D eigenvalue weighted by Gasteiger charge is 2.40. The number of hydrogen-bond acceptors (Lipinski definition) is 4. The van der Waals surface area contributed by atoms with Gasteiger partial charge in [-0.25, -0.2) is 0 Å². The van der Waals surface area contributed by atoms with Crippen molar-refractivity contribution in [3.05, 3.63) is 0 Å². The molecule has 2 aliphatic heterocycles. The van der Waals surface area contributed by atoms with E-state index in [1.54, 1.807) is 0 Å². The third-order valence-electron chi connectivity index (χ3n) is 5.28. The fraction of sp³-hybridized carbons (Fsp3) is 1.00. The minimum Gasteiger partial charge on any atom is -0.348 e. The van der Waals surface area contributed by atoms with Crippen molar-refractivity contribution in [3.63, 3.8) is 0 Å². The van der Waals surface area contributed by atoms with E-state index in [1.807, 2.05) is 0 Å². The molecule has 3 rings (SSSR count). The highest BCUT2D eigenvalue weighted by Crippen LogP contribution is 2.38. The monoisotopic (exact) mass is 336 g/mol. The van der Waals surface area contributed by atoms with Gasteiger partial charge in [-0.05, 0) is 38.3 Å². The van der Waals surface area contributed by atoms with Crippen molar-refractivity contribution in [1.29, 1.82) is 0 Å². The molecular formula is C16H27F3N2O2. The Bertz CT molecular complexity index is 376. The van der Waals surface area contributed by atoms with E-state index >= 15 is 0 Å². The Morgan fingerprint density at radius 3 is 2.17 bits per heavy atom. The average molecular weight is 336 g/mol. The third-order valence-corrected chi connectivity index (χ3v) is 5.28. The Kier molecular flexibility index (Phi) is 5.50. The number of alkyl halides is 3. The van der Waals surface area contributed by atoms with Gasteiger partial charge in [0.15, 0.2) is 5.79 Å². The number of hydrogen-bond donors (Lipinski definition) is 0. The van der Waals surface area contributed by atoms with Crippen LogP contribution in [0.25, 0.3) is 0 Å². The summed E-state index contributed by atoms with van der Waals surface area (Å²) in [6.07, 6.45) is 0.802. The summed E-state index contributed by atoms with van der Waals surface area (Å²) in [4.78, 5) is 3.88. The highest BCUT2D eigenvalue weighted by atomic mass is 19.4.